The van der Waals surface area contributed by atoms with Crippen LogP contribution < -0.4 is 10.2 Å². The maximum Gasteiger partial charge on any atom is 0.240 e. The molecule has 1 amide bonds. The summed E-state index contributed by atoms with van der Waals surface area (Å²) >= 11 is 1.52. The Kier molecular flexibility index (Phi) is 5.33. The van der Waals surface area contributed by atoms with Crippen molar-refractivity contribution >= 4 is 28.3 Å². The number of quaternary nitrogens is 1. The molecular formula is C22H24N5O2S+. The van der Waals surface area contributed by atoms with Gasteiger partial charge in [0.15, 0.2) is 17.6 Å². The molecular weight excluding hydrogens is 398 g/mol. The first-order chi connectivity index (χ1) is 14.8. The van der Waals surface area contributed by atoms with E-state index in [0.717, 1.165) is 41.4 Å². The molecule has 5 rings (SSSR count). The summed E-state index contributed by atoms with van der Waals surface area (Å²) in [5, 5.41) is 5.09. The fraction of sp³-hybridized carbons (Fsp3) is 0.318. The summed E-state index contributed by atoms with van der Waals surface area (Å²) in [4.78, 5) is 23.5. The van der Waals surface area contributed by atoms with Gasteiger partial charge < -0.3 is 19.2 Å². The highest BCUT2D eigenvalue weighted by Gasteiger charge is 2.30. The number of hydrogen-bond donors (Lipinski definition) is 2. The van der Waals surface area contributed by atoms with Gasteiger partial charge in [0.25, 0.3) is 0 Å². The molecule has 30 heavy (non-hydrogen) atoms. The minimum atomic E-state index is -0.0372. The summed E-state index contributed by atoms with van der Waals surface area (Å²) in [5.74, 6) is 1.62. The normalized spacial score (nSPS) is 15.6. The number of thiazole rings is 1. The number of benzene rings is 1. The summed E-state index contributed by atoms with van der Waals surface area (Å²) in [6, 6.07) is 11.9. The number of aromatic nitrogens is 3. The van der Waals surface area contributed by atoms with Gasteiger partial charge in [0.05, 0.1) is 42.4 Å². The number of imidazole rings is 1. The van der Waals surface area contributed by atoms with Gasteiger partial charge in [-0.3, -0.25) is 4.79 Å². The van der Waals surface area contributed by atoms with Crippen LogP contribution in [0.5, 0.6) is 0 Å². The highest BCUT2D eigenvalue weighted by molar-refractivity contribution is 7.07. The highest BCUT2D eigenvalue weighted by atomic mass is 32.1. The van der Waals surface area contributed by atoms with Gasteiger partial charge in [-0.1, -0.05) is 12.1 Å². The van der Waals surface area contributed by atoms with Gasteiger partial charge in [-0.25, -0.2) is 9.97 Å². The number of amides is 1. The van der Waals surface area contributed by atoms with Gasteiger partial charge in [-0.15, -0.1) is 11.3 Å². The monoisotopic (exact) mass is 422 g/mol. The number of furan rings is 1. The Bertz CT molecular complexity index is 1110. The van der Waals surface area contributed by atoms with Crippen molar-refractivity contribution in [2.24, 2.45) is 0 Å². The van der Waals surface area contributed by atoms with Gasteiger partial charge >= 0.3 is 0 Å². The fourth-order valence-electron chi connectivity index (χ4n) is 4.28. The number of rotatable bonds is 7. The lowest BCUT2D eigenvalue weighted by Crippen LogP contribution is -3.11. The third-order valence-electron chi connectivity index (χ3n) is 5.75. The van der Waals surface area contributed by atoms with Gasteiger partial charge in [0.1, 0.15) is 12.2 Å². The van der Waals surface area contributed by atoms with Crippen molar-refractivity contribution in [3.63, 3.8) is 0 Å². The molecule has 0 unspecified atom stereocenters. The SMILES string of the molecule is O=C(Cn1c(-c2cscn2)nc2ccccc21)NC[C@H](c1ccco1)[NH+]1CCCC1. The largest absolute Gasteiger partial charge is 0.463 e. The number of hydrogen-bond acceptors (Lipinski definition) is 5. The molecule has 0 spiro atoms. The average Bonchev–Trinajstić information content (AvgIpc) is 3.55. The molecule has 1 aromatic carbocycles. The van der Waals surface area contributed by atoms with E-state index in [4.69, 9.17) is 9.40 Å². The van der Waals surface area contributed by atoms with Crippen LogP contribution in [0.2, 0.25) is 0 Å². The fourth-order valence-corrected chi connectivity index (χ4v) is 4.81. The van der Waals surface area contributed by atoms with Gasteiger partial charge in [-0.2, -0.15) is 0 Å². The van der Waals surface area contributed by atoms with Crippen LogP contribution in [0.15, 0.2) is 58.0 Å². The molecule has 2 N–H and O–H groups in total. The summed E-state index contributed by atoms with van der Waals surface area (Å²) in [5.41, 5.74) is 4.37. The third-order valence-corrected chi connectivity index (χ3v) is 6.33. The van der Waals surface area contributed by atoms with Gasteiger partial charge in [0.2, 0.25) is 5.91 Å². The van der Waals surface area contributed by atoms with E-state index in [9.17, 15) is 4.79 Å². The Morgan fingerprint density at radius 3 is 2.87 bits per heavy atom. The Hall–Kier alpha value is -2.97. The molecule has 0 radical (unpaired) electrons. The van der Waals surface area contributed by atoms with Gasteiger partial charge in [0, 0.05) is 18.2 Å². The van der Waals surface area contributed by atoms with Crippen LogP contribution in [0.25, 0.3) is 22.6 Å². The Morgan fingerprint density at radius 1 is 1.23 bits per heavy atom. The topological polar surface area (TPSA) is 77.4 Å². The number of para-hydroxylation sites is 2. The number of likely N-dealkylation sites (tertiary alicyclic amines) is 1. The predicted octanol–water partition coefficient (Wildman–Crippen LogP) is 2.29. The van der Waals surface area contributed by atoms with Crippen LogP contribution >= 0.6 is 11.3 Å². The molecule has 4 heterocycles. The number of fused-ring (bicyclic) bond motifs is 1. The molecule has 8 heteroatoms. The van der Waals surface area contributed by atoms with Crippen LogP contribution in [0.1, 0.15) is 24.6 Å². The number of nitrogens with one attached hydrogen (secondary N) is 2. The minimum absolute atomic E-state index is 0.0372. The smallest absolute Gasteiger partial charge is 0.240 e. The second-order valence-electron chi connectivity index (χ2n) is 7.62. The predicted molar refractivity (Wildman–Crippen MR) is 115 cm³/mol. The Balaban J connectivity index is 1.35. The first kappa shape index (κ1) is 19.0. The molecule has 1 aliphatic heterocycles. The lowest BCUT2D eigenvalue weighted by molar-refractivity contribution is -0.919. The lowest BCUT2D eigenvalue weighted by Gasteiger charge is -2.23. The van der Waals surface area contributed by atoms with E-state index in [1.807, 2.05) is 46.3 Å². The van der Waals surface area contributed by atoms with E-state index >= 15 is 0 Å². The molecule has 1 aliphatic rings. The summed E-state index contributed by atoms with van der Waals surface area (Å²) < 4.78 is 7.63. The van der Waals surface area contributed by atoms with Crippen molar-refractivity contribution in [3.8, 4) is 11.5 Å². The Morgan fingerprint density at radius 2 is 2.10 bits per heavy atom. The molecule has 3 aromatic heterocycles. The van der Waals surface area contributed by atoms with Crippen molar-refractivity contribution in [3.05, 3.63) is 59.3 Å². The molecule has 1 fully saturated rings. The summed E-state index contributed by atoms with van der Waals surface area (Å²) in [6.07, 6.45) is 4.15. The second-order valence-corrected chi connectivity index (χ2v) is 8.34. The standard InChI is InChI=1S/C22H23N5O2S/c28-21(23-12-19(20-8-5-11-29-20)26-9-3-4-10-26)13-27-18-7-2-1-6-16(18)25-22(27)17-14-30-15-24-17/h1-2,5-8,11,14-15,19H,3-4,9-10,12-13H2,(H,23,28)/p+1/t19-/m1/s1. The zero-order valence-electron chi connectivity index (χ0n) is 16.6. The van der Waals surface area contributed by atoms with E-state index in [1.165, 1.54) is 29.1 Å². The third kappa shape index (κ3) is 3.76. The van der Waals surface area contributed by atoms with Crippen molar-refractivity contribution in [2.45, 2.75) is 25.4 Å². The number of nitrogens with zero attached hydrogens (tertiary/aromatic N) is 3. The minimum Gasteiger partial charge on any atom is -0.463 e. The molecule has 1 atom stereocenters. The van der Waals surface area contributed by atoms with E-state index in [-0.39, 0.29) is 18.5 Å². The van der Waals surface area contributed by atoms with Crippen LogP contribution in [0.3, 0.4) is 0 Å². The first-order valence-corrected chi connectivity index (χ1v) is 11.2. The van der Waals surface area contributed by atoms with Crippen LogP contribution in [0.4, 0.5) is 0 Å². The van der Waals surface area contributed by atoms with E-state index in [0.29, 0.717) is 6.54 Å². The molecule has 0 saturated carbocycles. The quantitative estimate of drug-likeness (QED) is 0.479. The van der Waals surface area contributed by atoms with Crippen molar-refractivity contribution in [2.75, 3.05) is 19.6 Å². The Labute approximate surface area is 178 Å². The first-order valence-electron chi connectivity index (χ1n) is 10.3. The maximum atomic E-state index is 12.9. The van der Waals surface area contributed by atoms with E-state index in [1.54, 1.807) is 11.8 Å². The molecule has 0 aliphatic carbocycles. The number of carbonyl (C=O) groups is 1. The molecule has 7 nitrogen and oxygen atoms in total. The van der Waals surface area contributed by atoms with Crippen LogP contribution in [-0.2, 0) is 11.3 Å². The zero-order valence-corrected chi connectivity index (χ0v) is 17.4. The summed E-state index contributed by atoms with van der Waals surface area (Å²) in [7, 11) is 0. The maximum absolute atomic E-state index is 12.9. The molecule has 154 valence electrons. The van der Waals surface area contributed by atoms with E-state index < -0.39 is 0 Å². The van der Waals surface area contributed by atoms with E-state index in [2.05, 4.69) is 10.3 Å². The van der Waals surface area contributed by atoms with Crippen molar-refractivity contribution in [1.82, 2.24) is 19.9 Å². The average molecular weight is 423 g/mol. The molecule has 1 saturated heterocycles. The highest BCUT2D eigenvalue weighted by Crippen LogP contribution is 2.24. The van der Waals surface area contributed by atoms with Crippen molar-refractivity contribution in [1.29, 1.82) is 0 Å². The van der Waals surface area contributed by atoms with Crippen LogP contribution in [0, 0.1) is 0 Å². The summed E-state index contributed by atoms with van der Waals surface area (Å²) in [6.45, 7) is 2.98. The second kappa shape index (κ2) is 8.41. The molecule has 0 bridgehead atoms. The lowest BCUT2D eigenvalue weighted by atomic mass is 10.2. The zero-order chi connectivity index (χ0) is 20.3. The van der Waals surface area contributed by atoms with Crippen LogP contribution in [-0.4, -0.2) is 40.1 Å². The van der Waals surface area contributed by atoms with Crippen molar-refractivity contribution < 1.29 is 14.1 Å². The molecule has 4 aromatic rings. The number of carbonyl (C=O) groups excluding carboxylic acids is 1. The van der Waals surface area contributed by atoms with Gasteiger partial charge in [-0.05, 0) is 24.3 Å².